The fraction of sp³-hybridized carbons (Fsp3) is 0.0625. The van der Waals surface area contributed by atoms with Crippen LogP contribution in [0.25, 0.3) is 21.7 Å². The molecule has 126 valence electrons. The molecule has 9 heteroatoms. The van der Waals surface area contributed by atoms with Gasteiger partial charge in [-0.2, -0.15) is 0 Å². The smallest absolute Gasteiger partial charge is 0.388 e. The van der Waals surface area contributed by atoms with E-state index in [1.165, 1.54) is 11.3 Å². The van der Waals surface area contributed by atoms with Gasteiger partial charge in [-0.05, 0) is 59.3 Å². The number of aryl methyl sites for hydroxylation is 1. The highest BCUT2D eigenvalue weighted by Crippen LogP contribution is 2.38. The number of fused-ring (bicyclic) bond motifs is 1. The van der Waals surface area contributed by atoms with E-state index in [1.807, 2.05) is 25.1 Å². The van der Waals surface area contributed by atoms with Crippen LogP contribution in [-0.2, 0) is 0 Å². The highest BCUT2D eigenvalue weighted by atomic mass is 127. The van der Waals surface area contributed by atoms with Crippen molar-refractivity contribution in [3.8, 4) is 11.5 Å². The lowest BCUT2D eigenvalue weighted by Crippen LogP contribution is -2.00. The predicted molar refractivity (Wildman–Crippen MR) is 103 cm³/mol. The van der Waals surface area contributed by atoms with Gasteiger partial charge in [-0.15, -0.1) is 16.4 Å². The molecule has 25 heavy (non-hydrogen) atoms. The first-order valence-corrected chi connectivity index (χ1v) is 9.13. The summed E-state index contributed by atoms with van der Waals surface area (Å²) >= 11 is 3.42. The second-order valence-electron chi connectivity index (χ2n) is 5.32. The summed E-state index contributed by atoms with van der Waals surface area (Å²) in [4.78, 5) is 15.5. The Morgan fingerprint density at radius 1 is 1.36 bits per heavy atom. The van der Waals surface area contributed by atoms with Crippen molar-refractivity contribution in [2.75, 3.05) is 5.32 Å². The van der Waals surface area contributed by atoms with Gasteiger partial charge in [0.05, 0.1) is 27.0 Å². The van der Waals surface area contributed by atoms with Crippen molar-refractivity contribution in [2.24, 2.45) is 0 Å². The molecule has 0 aliphatic heterocycles. The molecule has 0 aliphatic rings. The minimum absolute atomic E-state index is 0.00413. The van der Waals surface area contributed by atoms with Gasteiger partial charge in [-0.3, -0.25) is 0 Å². The van der Waals surface area contributed by atoms with E-state index in [-0.39, 0.29) is 11.6 Å². The number of hydrogen-bond donors (Lipinski definition) is 2. The standard InChI is InChI=1S/C16H10FIN4O2S/c1-7-4-8(18)2-3-10(7)20-13-9(15-21-22-16(23)24-15)5-11-14(12(13)17)25-6-19-11/h2-6,20H,1H3,(H,22,23). The third kappa shape index (κ3) is 2.93. The van der Waals surface area contributed by atoms with Gasteiger partial charge < -0.3 is 9.73 Å². The van der Waals surface area contributed by atoms with E-state index in [9.17, 15) is 4.79 Å². The van der Waals surface area contributed by atoms with Crippen LogP contribution in [0, 0.1) is 16.3 Å². The molecule has 0 bridgehead atoms. The van der Waals surface area contributed by atoms with Crippen LogP contribution in [0.2, 0.25) is 0 Å². The average Bonchev–Trinajstić information content (AvgIpc) is 3.20. The van der Waals surface area contributed by atoms with Crippen LogP contribution >= 0.6 is 33.9 Å². The van der Waals surface area contributed by atoms with Gasteiger partial charge in [-0.25, -0.2) is 19.3 Å². The molecule has 0 saturated carbocycles. The topological polar surface area (TPSA) is 83.8 Å². The highest BCUT2D eigenvalue weighted by Gasteiger charge is 2.20. The molecule has 2 N–H and O–H groups in total. The van der Waals surface area contributed by atoms with Gasteiger partial charge in [0.15, 0.2) is 5.82 Å². The number of nitrogens with one attached hydrogen (secondary N) is 2. The van der Waals surface area contributed by atoms with Gasteiger partial charge in [-0.1, -0.05) is 0 Å². The lowest BCUT2D eigenvalue weighted by Gasteiger charge is -2.14. The second kappa shape index (κ2) is 6.23. The molecule has 0 radical (unpaired) electrons. The van der Waals surface area contributed by atoms with Gasteiger partial charge in [0, 0.05) is 9.26 Å². The van der Waals surface area contributed by atoms with Crippen molar-refractivity contribution < 1.29 is 8.81 Å². The number of benzene rings is 2. The van der Waals surface area contributed by atoms with Crippen LogP contribution in [0.15, 0.2) is 39.0 Å². The summed E-state index contributed by atoms with van der Waals surface area (Å²) in [6.45, 7) is 1.93. The van der Waals surface area contributed by atoms with E-state index < -0.39 is 11.6 Å². The lowest BCUT2D eigenvalue weighted by molar-refractivity contribution is 0.526. The molecule has 4 aromatic rings. The summed E-state index contributed by atoms with van der Waals surface area (Å²) in [6, 6.07) is 7.43. The summed E-state index contributed by atoms with van der Waals surface area (Å²) in [5, 5.41) is 9.13. The Morgan fingerprint density at radius 2 is 2.20 bits per heavy atom. The van der Waals surface area contributed by atoms with E-state index in [0.29, 0.717) is 15.8 Å². The first kappa shape index (κ1) is 16.2. The quantitative estimate of drug-likeness (QED) is 0.435. The zero-order chi connectivity index (χ0) is 17.6. The Hall–Kier alpha value is -2.27. The molecule has 0 unspecified atom stereocenters. The van der Waals surface area contributed by atoms with Crippen LogP contribution in [0.4, 0.5) is 15.8 Å². The summed E-state index contributed by atoms with van der Waals surface area (Å²) in [5.74, 6) is -1.16. The third-order valence-electron chi connectivity index (χ3n) is 3.68. The maximum absolute atomic E-state index is 15.1. The molecular weight excluding hydrogens is 458 g/mol. The van der Waals surface area contributed by atoms with Gasteiger partial charge in [0.1, 0.15) is 0 Å². The van der Waals surface area contributed by atoms with Crippen LogP contribution in [0.3, 0.4) is 0 Å². The molecule has 0 aliphatic carbocycles. The molecular formula is C16H10FIN4O2S. The zero-order valence-corrected chi connectivity index (χ0v) is 15.7. The minimum atomic E-state index is -0.704. The zero-order valence-electron chi connectivity index (χ0n) is 12.8. The number of H-pyrrole nitrogens is 1. The van der Waals surface area contributed by atoms with E-state index in [4.69, 9.17) is 4.42 Å². The molecule has 2 aromatic heterocycles. The van der Waals surface area contributed by atoms with E-state index in [2.05, 4.69) is 43.1 Å². The summed E-state index contributed by atoms with van der Waals surface area (Å²) in [5.41, 5.74) is 4.28. The number of hydrogen-bond acceptors (Lipinski definition) is 6. The fourth-order valence-electron chi connectivity index (χ4n) is 2.50. The number of thiazole rings is 1. The van der Waals surface area contributed by atoms with Crippen molar-refractivity contribution >= 4 is 55.5 Å². The van der Waals surface area contributed by atoms with Crippen LogP contribution in [0.5, 0.6) is 0 Å². The van der Waals surface area contributed by atoms with Crippen molar-refractivity contribution in [3.63, 3.8) is 0 Å². The highest BCUT2D eigenvalue weighted by molar-refractivity contribution is 14.1. The molecule has 6 nitrogen and oxygen atoms in total. The van der Waals surface area contributed by atoms with E-state index in [0.717, 1.165) is 14.8 Å². The first-order chi connectivity index (χ1) is 12.0. The van der Waals surface area contributed by atoms with Crippen LogP contribution < -0.4 is 11.1 Å². The van der Waals surface area contributed by atoms with Crippen molar-refractivity contribution in [1.82, 2.24) is 15.2 Å². The van der Waals surface area contributed by atoms with E-state index >= 15 is 4.39 Å². The largest absolute Gasteiger partial charge is 0.434 e. The number of anilines is 2. The SMILES string of the molecule is Cc1cc(I)ccc1Nc1c(-c2n[nH]c(=O)o2)cc2ncsc2c1F. The molecule has 0 spiro atoms. The van der Waals surface area contributed by atoms with Crippen molar-refractivity contribution in [1.29, 1.82) is 0 Å². The Bertz CT molecular complexity index is 1150. The maximum atomic E-state index is 15.1. The lowest BCUT2D eigenvalue weighted by atomic mass is 10.1. The van der Waals surface area contributed by atoms with Gasteiger partial charge in [0.25, 0.3) is 5.89 Å². The van der Waals surface area contributed by atoms with Crippen LogP contribution in [-0.4, -0.2) is 15.2 Å². The molecule has 2 aromatic carbocycles. The summed E-state index contributed by atoms with van der Waals surface area (Å²) in [6.07, 6.45) is 0. The Morgan fingerprint density at radius 3 is 2.92 bits per heavy atom. The number of halogens is 2. The number of nitrogens with zero attached hydrogens (tertiary/aromatic N) is 2. The van der Waals surface area contributed by atoms with Crippen molar-refractivity contribution in [3.05, 3.63) is 55.3 Å². The third-order valence-corrected chi connectivity index (χ3v) is 5.19. The fourth-order valence-corrected chi connectivity index (χ4v) is 3.86. The van der Waals surface area contributed by atoms with Gasteiger partial charge >= 0.3 is 5.76 Å². The molecule has 0 amide bonds. The summed E-state index contributed by atoms with van der Waals surface area (Å²) in [7, 11) is 0. The normalized spacial score (nSPS) is 11.2. The van der Waals surface area contributed by atoms with E-state index in [1.54, 1.807) is 11.6 Å². The Labute approximate surface area is 158 Å². The molecule has 4 rings (SSSR count). The number of rotatable bonds is 3. The number of aromatic amines is 1. The summed E-state index contributed by atoms with van der Waals surface area (Å²) < 4.78 is 21.6. The molecule has 0 saturated heterocycles. The minimum Gasteiger partial charge on any atom is -0.388 e. The monoisotopic (exact) mass is 468 g/mol. The second-order valence-corrected chi connectivity index (χ2v) is 7.42. The Kier molecular flexibility index (Phi) is 4.04. The average molecular weight is 468 g/mol. The maximum Gasteiger partial charge on any atom is 0.434 e. The molecule has 2 heterocycles. The predicted octanol–water partition coefficient (Wildman–Crippen LogP) is 4.44. The first-order valence-electron chi connectivity index (χ1n) is 7.17. The molecule has 0 atom stereocenters. The van der Waals surface area contributed by atoms with Crippen molar-refractivity contribution in [2.45, 2.75) is 6.92 Å². The molecule has 0 fully saturated rings. The number of aromatic nitrogens is 3. The Balaban J connectivity index is 1.94. The van der Waals surface area contributed by atoms with Gasteiger partial charge in [0.2, 0.25) is 0 Å². The van der Waals surface area contributed by atoms with Crippen LogP contribution in [0.1, 0.15) is 5.56 Å².